The lowest BCUT2D eigenvalue weighted by Gasteiger charge is -2.23. The van der Waals surface area contributed by atoms with E-state index in [4.69, 9.17) is 28.5 Å². The van der Waals surface area contributed by atoms with E-state index >= 15 is 0 Å². The highest BCUT2D eigenvalue weighted by atomic mass is 35.5. The number of nitriles is 1. The maximum Gasteiger partial charge on any atom is 0.243 e. The summed E-state index contributed by atoms with van der Waals surface area (Å²) in [7, 11) is -3.82. The van der Waals surface area contributed by atoms with E-state index in [1.54, 1.807) is 30.3 Å². The molecule has 0 saturated carbocycles. The lowest BCUT2D eigenvalue weighted by atomic mass is 10.2. The first kappa shape index (κ1) is 21.9. The minimum atomic E-state index is -3.82. The van der Waals surface area contributed by atoms with E-state index in [-0.39, 0.29) is 23.6 Å². The van der Waals surface area contributed by atoms with Gasteiger partial charge in [-0.2, -0.15) is 9.57 Å². The summed E-state index contributed by atoms with van der Waals surface area (Å²) in [6, 6.07) is 14.9. The van der Waals surface area contributed by atoms with Gasteiger partial charge in [-0.05, 0) is 53.6 Å². The Labute approximate surface area is 175 Å². The van der Waals surface area contributed by atoms with Crippen LogP contribution in [0, 0.1) is 11.3 Å². The van der Waals surface area contributed by atoms with Crippen molar-refractivity contribution in [2.45, 2.75) is 11.4 Å². The van der Waals surface area contributed by atoms with E-state index in [0.717, 1.165) is 5.56 Å². The van der Waals surface area contributed by atoms with Crippen LogP contribution in [-0.4, -0.2) is 19.3 Å². The molecule has 0 radical (unpaired) electrons. The van der Waals surface area contributed by atoms with Crippen LogP contribution in [-0.2, 0) is 16.6 Å². The highest BCUT2D eigenvalue weighted by Crippen LogP contribution is 2.22. The molecule has 0 bridgehead atoms. The van der Waals surface area contributed by atoms with E-state index in [0.29, 0.717) is 15.6 Å². The van der Waals surface area contributed by atoms with Crippen LogP contribution in [0.2, 0.25) is 10.0 Å². The molecule has 144 valence electrons. The molecule has 2 aromatic rings. The molecular formula is C21H18Cl2N2O2S. The first-order chi connectivity index (χ1) is 13.2. The monoisotopic (exact) mass is 432 g/mol. The number of nitrogens with zero attached hydrogens (tertiary/aromatic N) is 2. The highest BCUT2D eigenvalue weighted by Gasteiger charge is 2.25. The number of sulfonamides is 1. The zero-order chi connectivity index (χ0) is 20.7. The Hall–Kier alpha value is -2.36. The van der Waals surface area contributed by atoms with E-state index in [1.165, 1.54) is 34.6 Å². The van der Waals surface area contributed by atoms with Crippen molar-refractivity contribution >= 4 is 33.2 Å². The van der Waals surface area contributed by atoms with Crippen LogP contribution >= 0.6 is 23.2 Å². The smallest absolute Gasteiger partial charge is 0.207 e. The molecule has 0 aromatic heterocycles. The number of allylic oxidation sites excluding steroid dienone is 2. The van der Waals surface area contributed by atoms with Gasteiger partial charge >= 0.3 is 0 Å². The molecule has 4 nitrogen and oxygen atoms in total. The molecule has 28 heavy (non-hydrogen) atoms. The van der Waals surface area contributed by atoms with Crippen molar-refractivity contribution in [3.05, 3.63) is 101 Å². The molecule has 0 amide bonds. The Balaban J connectivity index is 2.36. The number of hydrogen-bond donors (Lipinski definition) is 0. The fourth-order valence-corrected chi connectivity index (χ4v) is 4.13. The molecule has 0 aliphatic carbocycles. The Kier molecular flexibility index (Phi) is 7.61. The molecule has 0 spiro atoms. The molecule has 0 fully saturated rings. The third-order valence-corrected chi connectivity index (χ3v) is 6.04. The molecule has 0 unspecified atom stereocenters. The van der Waals surface area contributed by atoms with Crippen molar-refractivity contribution in [1.82, 2.24) is 4.31 Å². The first-order valence-electron chi connectivity index (χ1n) is 8.17. The summed E-state index contributed by atoms with van der Waals surface area (Å²) in [6.45, 7) is 7.59. The second-order valence-corrected chi connectivity index (χ2v) is 8.80. The lowest BCUT2D eigenvalue weighted by Crippen LogP contribution is -2.32. The van der Waals surface area contributed by atoms with Crippen molar-refractivity contribution in [3.63, 3.8) is 0 Å². The normalized spacial score (nSPS) is 11.5. The maximum absolute atomic E-state index is 13.2. The highest BCUT2D eigenvalue weighted by molar-refractivity contribution is 7.89. The standard InChI is InChI=1S/C21H18Cl2N2O2S/c1-16(13-24)6-7-17(2)14-25(15-18-4-3-5-20(23)12-18)28(26,27)21-10-8-19(22)9-11-21/h3-12H,1-2,14-15H2/b7-6-. The van der Waals surface area contributed by atoms with Crippen LogP contribution < -0.4 is 0 Å². The van der Waals surface area contributed by atoms with Crippen molar-refractivity contribution in [1.29, 1.82) is 5.26 Å². The van der Waals surface area contributed by atoms with Crippen LogP contribution in [0.5, 0.6) is 0 Å². The lowest BCUT2D eigenvalue weighted by molar-refractivity contribution is 0.433. The average Bonchev–Trinajstić information content (AvgIpc) is 2.66. The summed E-state index contributed by atoms with van der Waals surface area (Å²) in [6.07, 6.45) is 3.07. The van der Waals surface area contributed by atoms with E-state index in [9.17, 15) is 8.42 Å². The number of halogens is 2. The van der Waals surface area contributed by atoms with Gasteiger partial charge in [-0.15, -0.1) is 0 Å². The van der Waals surface area contributed by atoms with Gasteiger partial charge in [0, 0.05) is 28.7 Å². The number of rotatable bonds is 8. The zero-order valence-electron chi connectivity index (χ0n) is 15.0. The second kappa shape index (κ2) is 9.72. The van der Waals surface area contributed by atoms with Gasteiger partial charge in [0.05, 0.1) is 11.0 Å². The van der Waals surface area contributed by atoms with Gasteiger partial charge in [0.25, 0.3) is 0 Å². The summed E-state index contributed by atoms with van der Waals surface area (Å²) in [5.74, 6) is 0. The van der Waals surface area contributed by atoms with Crippen LogP contribution in [0.25, 0.3) is 0 Å². The number of hydrogen-bond acceptors (Lipinski definition) is 3. The Bertz CT molecular complexity index is 1050. The Morgan fingerprint density at radius 2 is 1.75 bits per heavy atom. The number of benzene rings is 2. The molecule has 0 saturated heterocycles. The molecule has 0 aliphatic rings. The Morgan fingerprint density at radius 3 is 2.36 bits per heavy atom. The molecule has 2 aromatic carbocycles. The SMILES string of the molecule is C=C(C#N)/C=C\C(=C)CN(Cc1cccc(Cl)c1)S(=O)(=O)c1ccc(Cl)cc1. The van der Waals surface area contributed by atoms with Crippen LogP contribution in [0.1, 0.15) is 5.56 Å². The van der Waals surface area contributed by atoms with Crippen molar-refractivity contribution in [3.8, 4) is 6.07 Å². The molecular weight excluding hydrogens is 415 g/mol. The first-order valence-corrected chi connectivity index (χ1v) is 10.4. The Morgan fingerprint density at radius 1 is 1.07 bits per heavy atom. The fraction of sp³-hybridized carbons (Fsp3) is 0.0952. The largest absolute Gasteiger partial charge is 0.243 e. The van der Waals surface area contributed by atoms with E-state index in [2.05, 4.69) is 13.2 Å². The molecule has 2 rings (SSSR count). The quantitative estimate of drug-likeness (QED) is 0.415. The van der Waals surface area contributed by atoms with E-state index < -0.39 is 10.0 Å². The molecule has 0 aliphatic heterocycles. The van der Waals surface area contributed by atoms with Crippen LogP contribution in [0.15, 0.2) is 89.9 Å². The summed E-state index contributed by atoms with van der Waals surface area (Å²) in [5.41, 5.74) is 1.50. The minimum Gasteiger partial charge on any atom is -0.207 e. The predicted octanol–water partition coefficient (Wildman–Crippen LogP) is 5.38. The summed E-state index contributed by atoms with van der Waals surface area (Å²) >= 11 is 11.9. The average molecular weight is 433 g/mol. The second-order valence-electron chi connectivity index (χ2n) is 5.99. The van der Waals surface area contributed by atoms with Gasteiger partial charge in [0.15, 0.2) is 0 Å². The third-order valence-electron chi connectivity index (χ3n) is 3.74. The molecule has 0 atom stereocenters. The predicted molar refractivity (Wildman–Crippen MR) is 114 cm³/mol. The summed E-state index contributed by atoms with van der Waals surface area (Å²) < 4.78 is 27.7. The zero-order valence-corrected chi connectivity index (χ0v) is 17.3. The summed E-state index contributed by atoms with van der Waals surface area (Å²) in [4.78, 5) is 0.122. The van der Waals surface area contributed by atoms with Gasteiger partial charge in [0.2, 0.25) is 10.0 Å². The fourth-order valence-electron chi connectivity index (χ4n) is 2.36. The van der Waals surface area contributed by atoms with Gasteiger partial charge in [-0.1, -0.05) is 54.6 Å². The van der Waals surface area contributed by atoms with Crippen LogP contribution in [0.3, 0.4) is 0 Å². The van der Waals surface area contributed by atoms with Crippen molar-refractivity contribution in [2.24, 2.45) is 0 Å². The van der Waals surface area contributed by atoms with Gasteiger partial charge in [-0.25, -0.2) is 8.42 Å². The van der Waals surface area contributed by atoms with Gasteiger partial charge in [-0.3, -0.25) is 0 Å². The van der Waals surface area contributed by atoms with Gasteiger partial charge in [0.1, 0.15) is 0 Å². The molecule has 0 N–H and O–H groups in total. The van der Waals surface area contributed by atoms with Crippen LogP contribution in [0.4, 0.5) is 0 Å². The molecule has 7 heteroatoms. The minimum absolute atomic E-state index is 0.0344. The van der Waals surface area contributed by atoms with Crippen molar-refractivity contribution in [2.75, 3.05) is 6.54 Å². The third kappa shape index (κ3) is 6.08. The van der Waals surface area contributed by atoms with Crippen molar-refractivity contribution < 1.29 is 8.42 Å². The maximum atomic E-state index is 13.2. The topological polar surface area (TPSA) is 61.2 Å². The van der Waals surface area contributed by atoms with Gasteiger partial charge < -0.3 is 0 Å². The molecule has 0 heterocycles. The summed E-state index contributed by atoms with van der Waals surface area (Å²) in [5, 5.41) is 9.76. The van der Waals surface area contributed by atoms with E-state index in [1.807, 2.05) is 6.07 Å².